The van der Waals surface area contributed by atoms with Crippen LogP contribution in [0.15, 0.2) is 40.3 Å². The zero-order chi connectivity index (χ0) is 18.7. The van der Waals surface area contributed by atoms with Crippen LogP contribution in [0.4, 0.5) is 0 Å². The number of rotatable bonds is 5. The molecule has 0 radical (unpaired) electrons. The summed E-state index contributed by atoms with van der Waals surface area (Å²) in [6, 6.07) is 7.99. The summed E-state index contributed by atoms with van der Waals surface area (Å²) in [6.07, 6.45) is 3.19. The summed E-state index contributed by atoms with van der Waals surface area (Å²) in [4.78, 5) is 18.5. The highest BCUT2D eigenvalue weighted by Crippen LogP contribution is 2.32. The van der Waals surface area contributed by atoms with Crippen molar-refractivity contribution >= 4 is 17.2 Å². The molecule has 2 aromatic rings. The fourth-order valence-corrected chi connectivity index (χ4v) is 4.72. The summed E-state index contributed by atoms with van der Waals surface area (Å²) in [5.41, 5.74) is -0.225. The molecular formula is C20H27N3O3S. The van der Waals surface area contributed by atoms with Crippen molar-refractivity contribution in [2.24, 2.45) is 0 Å². The Balaban J connectivity index is 1.32. The summed E-state index contributed by atoms with van der Waals surface area (Å²) in [7, 11) is 2.08. The number of amides is 1. The number of piperidine rings is 1. The van der Waals surface area contributed by atoms with E-state index in [0.29, 0.717) is 13.1 Å². The Kier molecular flexibility index (Phi) is 5.63. The van der Waals surface area contributed by atoms with Crippen LogP contribution in [0.5, 0.6) is 0 Å². The number of likely N-dealkylation sites (N-methyl/N-ethyl adjacent to an activating group) is 1. The van der Waals surface area contributed by atoms with Gasteiger partial charge in [-0.25, -0.2) is 0 Å². The second-order valence-electron chi connectivity index (χ2n) is 7.64. The summed E-state index contributed by atoms with van der Waals surface area (Å²) >= 11 is 1.66. The van der Waals surface area contributed by atoms with E-state index in [4.69, 9.17) is 9.15 Å². The van der Waals surface area contributed by atoms with Gasteiger partial charge >= 0.3 is 0 Å². The van der Waals surface area contributed by atoms with E-state index >= 15 is 0 Å². The molecule has 2 aromatic heterocycles. The highest BCUT2D eigenvalue weighted by atomic mass is 32.1. The predicted octanol–water partition coefficient (Wildman–Crippen LogP) is 2.32. The lowest BCUT2D eigenvalue weighted by Gasteiger charge is -2.48. The van der Waals surface area contributed by atoms with Crippen LogP contribution in [0.1, 0.15) is 23.5 Å². The molecule has 0 saturated carbocycles. The molecule has 0 aromatic carbocycles. The molecule has 27 heavy (non-hydrogen) atoms. The quantitative estimate of drug-likeness (QED) is 0.851. The second-order valence-corrected chi connectivity index (χ2v) is 8.67. The average molecular weight is 390 g/mol. The van der Waals surface area contributed by atoms with Crippen molar-refractivity contribution < 1.29 is 13.9 Å². The Morgan fingerprint density at radius 1 is 1.33 bits per heavy atom. The van der Waals surface area contributed by atoms with Crippen molar-refractivity contribution in [3.8, 4) is 0 Å². The fourth-order valence-electron chi connectivity index (χ4n) is 4.07. The standard InChI is InChI=1S/C20H27N3O3S/c1-22-14-18(19(24)21-12-17-5-3-11-27-17)26-20(15-22)6-8-23(9-7-20)13-16-4-2-10-25-16/h2-5,10-11,18H,6-9,12-15H2,1H3,(H,21,24)/t18-/m1/s1. The highest BCUT2D eigenvalue weighted by molar-refractivity contribution is 7.09. The molecule has 2 aliphatic heterocycles. The molecule has 6 nitrogen and oxygen atoms in total. The third-order valence-corrected chi connectivity index (χ3v) is 6.34. The molecule has 0 aliphatic carbocycles. The molecule has 7 heteroatoms. The normalized spacial score (nSPS) is 23.5. The Morgan fingerprint density at radius 3 is 2.89 bits per heavy atom. The summed E-state index contributed by atoms with van der Waals surface area (Å²) in [5.74, 6) is 0.991. The summed E-state index contributed by atoms with van der Waals surface area (Å²) in [6.45, 7) is 4.86. The van der Waals surface area contributed by atoms with Crippen molar-refractivity contribution in [2.75, 3.05) is 33.2 Å². The highest BCUT2D eigenvalue weighted by Gasteiger charge is 2.44. The summed E-state index contributed by atoms with van der Waals surface area (Å²) < 4.78 is 11.9. The van der Waals surface area contributed by atoms with Crippen LogP contribution < -0.4 is 5.32 Å². The number of likely N-dealkylation sites (tertiary alicyclic amines) is 1. The van der Waals surface area contributed by atoms with Crippen LogP contribution in [-0.2, 0) is 22.6 Å². The van der Waals surface area contributed by atoms with Crippen LogP contribution in [0.2, 0.25) is 0 Å². The van der Waals surface area contributed by atoms with Crippen molar-refractivity contribution in [3.63, 3.8) is 0 Å². The Morgan fingerprint density at radius 2 is 2.19 bits per heavy atom. The minimum absolute atomic E-state index is 0.00709. The zero-order valence-corrected chi connectivity index (χ0v) is 16.5. The molecule has 1 N–H and O–H groups in total. The number of morpholine rings is 1. The number of ether oxygens (including phenoxy) is 1. The van der Waals surface area contributed by atoms with Gasteiger partial charge in [-0.1, -0.05) is 6.07 Å². The molecule has 2 aliphatic rings. The maximum absolute atomic E-state index is 12.7. The number of furan rings is 1. The van der Waals surface area contributed by atoms with E-state index in [0.717, 1.165) is 49.7 Å². The lowest BCUT2D eigenvalue weighted by Crippen LogP contribution is -2.61. The molecule has 2 fully saturated rings. The number of nitrogens with one attached hydrogen (secondary N) is 1. The van der Waals surface area contributed by atoms with Crippen LogP contribution in [-0.4, -0.2) is 60.6 Å². The van der Waals surface area contributed by atoms with Gasteiger partial charge in [-0.2, -0.15) is 0 Å². The van der Waals surface area contributed by atoms with E-state index in [-0.39, 0.29) is 11.5 Å². The first-order chi connectivity index (χ1) is 13.1. The molecule has 4 heterocycles. The SMILES string of the molecule is CN1C[C@H](C(=O)NCc2cccs2)OC2(CCN(Cc3ccco3)CC2)C1. The van der Waals surface area contributed by atoms with Gasteiger partial charge in [-0.15, -0.1) is 11.3 Å². The molecule has 146 valence electrons. The molecule has 1 atom stereocenters. The van der Waals surface area contributed by atoms with Gasteiger partial charge in [0, 0.05) is 31.1 Å². The lowest BCUT2D eigenvalue weighted by atomic mass is 9.88. The predicted molar refractivity (Wildman–Crippen MR) is 104 cm³/mol. The number of carbonyl (C=O) groups excluding carboxylic acids is 1. The largest absolute Gasteiger partial charge is 0.468 e. The Hall–Kier alpha value is -1.67. The van der Waals surface area contributed by atoms with Crippen LogP contribution in [0, 0.1) is 0 Å². The monoisotopic (exact) mass is 389 g/mol. The zero-order valence-electron chi connectivity index (χ0n) is 15.7. The first-order valence-corrected chi connectivity index (χ1v) is 10.4. The third kappa shape index (κ3) is 4.60. The van der Waals surface area contributed by atoms with Crippen molar-refractivity contribution in [1.29, 1.82) is 0 Å². The molecule has 1 amide bonds. The first kappa shape index (κ1) is 18.7. The maximum Gasteiger partial charge on any atom is 0.250 e. The van der Waals surface area contributed by atoms with E-state index in [2.05, 4.69) is 22.2 Å². The molecular weight excluding hydrogens is 362 g/mol. The Labute approximate surface area is 164 Å². The van der Waals surface area contributed by atoms with Crippen molar-refractivity contribution in [1.82, 2.24) is 15.1 Å². The Bertz CT molecular complexity index is 724. The van der Waals surface area contributed by atoms with E-state index in [1.807, 2.05) is 29.6 Å². The van der Waals surface area contributed by atoms with Crippen molar-refractivity contribution in [2.45, 2.75) is 37.6 Å². The van der Waals surface area contributed by atoms with Gasteiger partial charge in [0.2, 0.25) is 0 Å². The topological polar surface area (TPSA) is 58.0 Å². The molecule has 4 rings (SSSR count). The minimum Gasteiger partial charge on any atom is -0.468 e. The maximum atomic E-state index is 12.7. The van der Waals surface area contributed by atoms with Gasteiger partial charge in [-0.05, 0) is 43.5 Å². The molecule has 0 bridgehead atoms. The van der Waals surface area contributed by atoms with E-state index in [9.17, 15) is 4.79 Å². The van der Waals surface area contributed by atoms with Gasteiger partial charge in [0.25, 0.3) is 5.91 Å². The number of thiophene rings is 1. The molecule has 1 spiro atoms. The van der Waals surface area contributed by atoms with Gasteiger partial charge in [0.15, 0.2) is 0 Å². The van der Waals surface area contributed by atoms with Crippen molar-refractivity contribution in [3.05, 3.63) is 46.5 Å². The van der Waals surface area contributed by atoms with Crippen LogP contribution in [0.3, 0.4) is 0 Å². The fraction of sp³-hybridized carbons (Fsp3) is 0.550. The molecule has 2 saturated heterocycles. The average Bonchev–Trinajstić information content (AvgIpc) is 3.35. The number of hydrogen-bond acceptors (Lipinski definition) is 6. The molecule has 0 unspecified atom stereocenters. The number of carbonyl (C=O) groups is 1. The first-order valence-electron chi connectivity index (χ1n) is 9.53. The number of hydrogen-bond donors (Lipinski definition) is 1. The van der Waals surface area contributed by atoms with Crippen LogP contribution in [0.25, 0.3) is 0 Å². The second kappa shape index (κ2) is 8.14. The van der Waals surface area contributed by atoms with Gasteiger partial charge in [0.05, 0.1) is 25.0 Å². The van der Waals surface area contributed by atoms with E-state index < -0.39 is 6.10 Å². The van der Waals surface area contributed by atoms with Gasteiger partial charge in [-0.3, -0.25) is 9.69 Å². The van der Waals surface area contributed by atoms with Gasteiger partial charge in [0.1, 0.15) is 11.9 Å². The number of nitrogens with zero attached hydrogens (tertiary/aromatic N) is 2. The minimum atomic E-state index is -0.402. The van der Waals surface area contributed by atoms with E-state index in [1.165, 1.54) is 0 Å². The van der Waals surface area contributed by atoms with E-state index in [1.54, 1.807) is 17.6 Å². The third-order valence-electron chi connectivity index (χ3n) is 5.46. The smallest absolute Gasteiger partial charge is 0.250 e. The van der Waals surface area contributed by atoms with Gasteiger partial charge < -0.3 is 19.4 Å². The van der Waals surface area contributed by atoms with Crippen LogP contribution >= 0.6 is 11.3 Å². The lowest BCUT2D eigenvalue weighted by molar-refractivity contribution is -0.182. The summed E-state index contributed by atoms with van der Waals surface area (Å²) in [5, 5.41) is 5.06.